The molecule has 3 heterocycles. The molecule has 1 saturated carbocycles. The molecule has 150 valence electrons. The number of nitrogens with zero attached hydrogens (tertiary/aromatic N) is 5. The van der Waals surface area contributed by atoms with Crippen molar-refractivity contribution in [2.75, 3.05) is 32.7 Å². The lowest BCUT2D eigenvalue weighted by molar-refractivity contribution is 0.115. The zero-order valence-corrected chi connectivity index (χ0v) is 16.5. The molecule has 3 aliphatic rings. The van der Waals surface area contributed by atoms with Gasteiger partial charge in [0.15, 0.2) is 0 Å². The van der Waals surface area contributed by atoms with Crippen LogP contribution in [0.2, 0.25) is 0 Å². The van der Waals surface area contributed by atoms with Gasteiger partial charge in [0.2, 0.25) is 5.89 Å². The summed E-state index contributed by atoms with van der Waals surface area (Å²) in [4.78, 5) is 21.6. The first kappa shape index (κ1) is 18.1. The molecule has 0 amide bonds. The van der Waals surface area contributed by atoms with Gasteiger partial charge in [0.1, 0.15) is 5.76 Å². The SMILES string of the molecule is O=c1cc2c(nn1CCN1CCN(Cc3ncc(C4CC4)o3)CC1)CCCC2. The van der Waals surface area contributed by atoms with E-state index in [1.807, 2.05) is 12.3 Å². The van der Waals surface area contributed by atoms with Crippen molar-refractivity contribution >= 4 is 0 Å². The van der Waals surface area contributed by atoms with Gasteiger partial charge in [-0.3, -0.25) is 14.6 Å². The van der Waals surface area contributed by atoms with Gasteiger partial charge in [-0.25, -0.2) is 9.67 Å². The van der Waals surface area contributed by atoms with Gasteiger partial charge in [-0.1, -0.05) is 0 Å². The van der Waals surface area contributed by atoms with Crippen LogP contribution < -0.4 is 5.56 Å². The van der Waals surface area contributed by atoms with E-state index in [4.69, 9.17) is 4.42 Å². The molecule has 0 spiro atoms. The van der Waals surface area contributed by atoms with E-state index in [0.717, 1.165) is 75.0 Å². The third-order valence-electron chi connectivity index (χ3n) is 6.28. The largest absolute Gasteiger partial charge is 0.444 e. The van der Waals surface area contributed by atoms with E-state index in [1.54, 1.807) is 4.68 Å². The van der Waals surface area contributed by atoms with Crippen molar-refractivity contribution in [3.05, 3.63) is 45.5 Å². The van der Waals surface area contributed by atoms with Crippen LogP contribution in [-0.2, 0) is 25.9 Å². The minimum absolute atomic E-state index is 0.0506. The number of oxazole rings is 1. The van der Waals surface area contributed by atoms with Crippen molar-refractivity contribution in [2.24, 2.45) is 0 Å². The minimum atomic E-state index is 0.0506. The monoisotopic (exact) mass is 383 g/mol. The lowest BCUT2D eigenvalue weighted by Gasteiger charge is -2.34. The Bertz CT molecular complexity index is 877. The van der Waals surface area contributed by atoms with E-state index in [0.29, 0.717) is 12.5 Å². The number of hydrogen-bond acceptors (Lipinski definition) is 6. The molecule has 0 N–H and O–H groups in total. The van der Waals surface area contributed by atoms with Gasteiger partial charge in [0.05, 0.1) is 25.0 Å². The molecule has 0 unspecified atom stereocenters. The van der Waals surface area contributed by atoms with E-state index in [1.165, 1.54) is 25.7 Å². The Balaban J connectivity index is 1.11. The van der Waals surface area contributed by atoms with Gasteiger partial charge in [0.25, 0.3) is 5.56 Å². The summed E-state index contributed by atoms with van der Waals surface area (Å²) in [5, 5.41) is 4.64. The van der Waals surface area contributed by atoms with Gasteiger partial charge in [0, 0.05) is 44.7 Å². The molecule has 7 heteroatoms. The smallest absolute Gasteiger partial charge is 0.267 e. The van der Waals surface area contributed by atoms with Crippen molar-refractivity contribution in [2.45, 2.75) is 57.5 Å². The Morgan fingerprint density at radius 3 is 2.64 bits per heavy atom. The third kappa shape index (κ3) is 4.05. The molecule has 1 saturated heterocycles. The van der Waals surface area contributed by atoms with Gasteiger partial charge < -0.3 is 4.42 Å². The highest BCUT2D eigenvalue weighted by Crippen LogP contribution is 2.40. The second-order valence-corrected chi connectivity index (χ2v) is 8.43. The molecule has 0 radical (unpaired) electrons. The van der Waals surface area contributed by atoms with Crippen molar-refractivity contribution in [3.8, 4) is 0 Å². The maximum atomic E-state index is 12.3. The molecule has 2 aromatic heterocycles. The Morgan fingerprint density at radius 2 is 1.82 bits per heavy atom. The van der Waals surface area contributed by atoms with E-state index < -0.39 is 0 Å². The summed E-state index contributed by atoms with van der Waals surface area (Å²) in [7, 11) is 0. The molecule has 2 fully saturated rings. The lowest BCUT2D eigenvalue weighted by Crippen LogP contribution is -2.47. The fraction of sp³-hybridized carbons (Fsp3) is 0.667. The molecule has 7 nitrogen and oxygen atoms in total. The maximum absolute atomic E-state index is 12.3. The molecule has 0 aromatic carbocycles. The highest BCUT2D eigenvalue weighted by atomic mass is 16.4. The number of aromatic nitrogens is 3. The average molecular weight is 383 g/mol. The van der Waals surface area contributed by atoms with Gasteiger partial charge in [-0.05, 0) is 44.1 Å². The van der Waals surface area contributed by atoms with Crippen LogP contribution in [0.5, 0.6) is 0 Å². The van der Waals surface area contributed by atoms with E-state index in [2.05, 4.69) is 19.9 Å². The van der Waals surface area contributed by atoms with Gasteiger partial charge in [-0.15, -0.1) is 0 Å². The molecular formula is C21H29N5O2. The standard InChI is InChI=1S/C21H29N5O2/c27-21-13-17-3-1-2-4-18(17)23-26(21)12-11-24-7-9-25(10-8-24)15-20-22-14-19(28-20)16-5-6-16/h13-14,16H,1-12,15H2. The number of rotatable bonds is 6. The molecule has 0 bridgehead atoms. The maximum Gasteiger partial charge on any atom is 0.267 e. The first-order valence-electron chi connectivity index (χ1n) is 10.7. The molecule has 0 atom stereocenters. The van der Waals surface area contributed by atoms with Crippen LogP contribution >= 0.6 is 0 Å². The van der Waals surface area contributed by atoms with Crippen molar-refractivity contribution in [1.29, 1.82) is 0 Å². The van der Waals surface area contributed by atoms with Crippen molar-refractivity contribution < 1.29 is 4.42 Å². The topological polar surface area (TPSA) is 67.4 Å². The minimum Gasteiger partial charge on any atom is -0.444 e. The number of fused-ring (bicyclic) bond motifs is 1. The van der Waals surface area contributed by atoms with Crippen molar-refractivity contribution in [3.63, 3.8) is 0 Å². The van der Waals surface area contributed by atoms with Crippen LogP contribution in [0.3, 0.4) is 0 Å². The summed E-state index contributed by atoms with van der Waals surface area (Å²) in [6.07, 6.45) is 8.78. The van der Waals surface area contributed by atoms with Crippen LogP contribution in [0, 0.1) is 0 Å². The number of aryl methyl sites for hydroxylation is 2. The Labute approximate surface area is 165 Å². The summed E-state index contributed by atoms with van der Waals surface area (Å²) in [5.41, 5.74) is 2.35. The predicted molar refractivity (Wildman–Crippen MR) is 105 cm³/mol. The lowest BCUT2D eigenvalue weighted by atomic mass is 9.97. The number of piperazine rings is 1. The summed E-state index contributed by atoms with van der Waals surface area (Å²) < 4.78 is 7.56. The zero-order valence-electron chi connectivity index (χ0n) is 16.5. The van der Waals surface area contributed by atoms with Crippen LogP contribution in [0.4, 0.5) is 0 Å². The molecule has 28 heavy (non-hydrogen) atoms. The zero-order chi connectivity index (χ0) is 18.9. The highest BCUT2D eigenvalue weighted by molar-refractivity contribution is 5.20. The summed E-state index contributed by atoms with van der Waals surface area (Å²) >= 11 is 0. The van der Waals surface area contributed by atoms with E-state index >= 15 is 0 Å². The fourth-order valence-corrected chi connectivity index (χ4v) is 4.31. The molecule has 5 rings (SSSR count). The Morgan fingerprint density at radius 1 is 1.04 bits per heavy atom. The van der Waals surface area contributed by atoms with E-state index in [9.17, 15) is 4.79 Å². The molecular weight excluding hydrogens is 354 g/mol. The highest BCUT2D eigenvalue weighted by Gasteiger charge is 2.28. The van der Waals surface area contributed by atoms with Crippen LogP contribution in [0.15, 0.2) is 21.5 Å². The Kier molecular flexibility index (Phi) is 5.03. The average Bonchev–Trinajstić information content (AvgIpc) is 3.47. The second-order valence-electron chi connectivity index (χ2n) is 8.43. The summed E-state index contributed by atoms with van der Waals surface area (Å²) in [6.45, 7) is 6.39. The third-order valence-corrected chi connectivity index (χ3v) is 6.28. The van der Waals surface area contributed by atoms with Crippen LogP contribution in [0.25, 0.3) is 0 Å². The second kappa shape index (κ2) is 7.79. The molecule has 2 aromatic rings. The molecule has 1 aliphatic heterocycles. The van der Waals surface area contributed by atoms with Gasteiger partial charge in [-0.2, -0.15) is 5.10 Å². The summed E-state index contributed by atoms with van der Waals surface area (Å²) in [5.74, 6) is 2.54. The summed E-state index contributed by atoms with van der Waals surface area (Å²) in [6, 6.07) is 1.81. The fourth-order valence-electron chi connectivity index (χ4n) is 4.31. The van der Waals surface area contributed by atoms with Gasteiger partial charge >= 0.3 is 0 Å². The first-order valence-corrected chi connectivity index (χ1v) is 10.7. The first-order chi connectivity index (χ1) is 13.7. The van der Waals surface area contributed by atoms with E-state index in [-0.39, 0.29) is 5.56 Å². The predicted octanol–water partition coefficient (Wildman–Crippen LogP) is 1.81. The normalized spacial score (nSPS) is 21.0. The van der Waals surface area contributed by atoms with Crippen molar-refractivity contribution in [1.82, 2.24) is 24.6 Å². The number of hydrogen-bond donors (Lipinski definition) is 0. The quantitative estimate of drug-likeness (QED) is 0.758. The van der Waals surface area contributed by atoms with Crippen LogP contribution in [-0.4, -0.2) is 57.3 Å². The Hall–Kier alpha value is -1.99. The van der Waals surface area contributed by atoms with Crippen LogP contribution in [0.1, 0.15) is 54.5 Å². The molecule has 2 aliphatic carbocycles.